The van der Waals surface area contributed by atoms with Crippen LogP contribution >= 0.6 is 0 Å². The van der Waals surface area contributed by atoms with Gasteiger partial charge in [0.25, 0.3) is 11.6 Å². The topological polar surface area (TPSA) is 92.6 Å². The van der Waals surface area contributed by atoms with Crippen molar-refractivity contribution in [2.75, 3.05) is 13.1 Å². The number of non-ortho nitro benzene ring substituents is 1. The SMILES string of the molecule is O=C(NCC(=O)N1CCC[C@@H]1c1ccccc1)c1cccc([N+](=O)[O-])c1. The largest absolute Gasteiger partial charge is 0.343 e. The third-order valence-corrected chi connectivity index (χ3v) is 4.48. The highest BCUT2D eigenvalue weighted by molar-refractivity contribution is 5.97. The highest BCUT2D eigenvalue weighted by atomic mass is 16.6. The molecule has 1 N–H and O–H groups in total. The number of hydrogen-bond donors (Lipinski definition) is 1. The fourth-order valence-electron chi connectivity index (χ4n) is 3.21. The Kier molecular flexibility index (Phi) is 5.26. The summed E-state index contributed by atoms with van der Waals surface area (Å²) < 4.78 is 0. The van der Waals surface area contributed by atoms with Gasteiger partial charge in [-0.15, -0.1) is 0 Å². The predicted octanol–water partition coefficient (Wildman–Crippen LogP) is 2.69. The quantitative estimate of drug-likeness (QED) is 0.661. The van der Waals surface area contributed by atoms with Crippen LogP contribution in [0.5, 0.6) is 0 Å². The number of nitrogens with one attached hydrogen (secondary N) is 1. The summed E-state index contributed by atoms with van der Waals surface area (Å²) in [7, 11) is 0. The smallest absolute Gasteiger partial charge is 0.270 e. The molecule has 0 saturated carbocycles. The Hall–Kier alpha value is -3.22. The average molecular weight is 353 g/mol. The molecular formula is C19H19N3O4. The summed E-state index contributed by atoms with van der Waals surface area (Å²) in [4.78, 5) is 36.8. The minimum Gasteiger partial charge on any atom is -0.343 e. The Labute approximate surface area is 150 Å². The van der Waals surface area contributed by atoms with Gasteiger partial charge in [0, 0.05) is 24.2 Å². The zero-order valence-corrected chi connectivity index (χ0v) is 14.1. The van der Waals surface area contributed by atoms with Crippen molar-refractivity contribution in [3.63, 3.8) is 0 Å². The molecule has 2 aromatic carbocycles. The number of nitrogens with zero attached hydrogens (tertiary/aromatic N) is 2. The van der Waals surface area contributed by atoms with Crippen molar-refractivity contribution in [2.45, 2.75) is 18.9 Å². The van der Waals surface area contributed by atoms with E-state index in [2.05, 4.69) is 5.32 Å². The van der Waals surface area contributed by atoms with E-state index >= 15 is 0 Å². The first-order chi connectivity index (χ1) is 12.6. The number of carbonyl (C=O) groups excluding carboxylic acids is 2. The van der Waals surface area contributed by atoms with Crippen LogP contribution in [-0.4, -0.2) is 34.7 Å². The van der Waals surface area contributed by atoms with Crippen LogP contribution in [0.1, 0.15) is 34.8 Å². The molecule has 0 bridgehead atoms. The van der Waals surface area contributed by atoms with Crippen molar-refractivity contribution in [1.82, 2.24) is 10.2 Å². The molecule has 0 unspecified atom stereocenters. The lowest BCUT2D eigenvalue weighted by Crippen LogP contribution is -2.39. The molecule has 3 rings (SSSR count). The van der Waals surface area contributed by atoms with Gasteiger partial charge in [-0.05, 0) is 24.5 Å². The molecule has 1 fully saturated rings. The van der Waals surface area contributed by atoms with E-state index in [0.29, 0.717) is 6.54 Å². The number of likely N-dealkylation sites (tertiary alicyclic amines) is 1. The van der Waals surface area contributed by atoms with Crippen molar-refractivity contribution >= 4 is 17.5 Å². The van der Waals surface area contributed by atoms with E-state index in [1.807, 2.05) is 30.3 Å². The maximum absolute atomic E-state index is 12.5. The second kappa shape index (κ2) is 7.77. The first-order valence-corrected chi connectivity index (χ1v) is 8.43. The molecule has 0 aromatic heterocycles. The summed E-state index contributed by atoms with van der Waals surface area (Å²) in [5.74, 6) is -0.660. The van der Waals surface area contributed by atoms with Crippen molar-refractivity contribution in [1.29, 1.82) is 0 Å². The van der Waals surface area contributed by atoms with Crippen LogP contribution in [0.4, 0.5) is 5.69 Å². The zero-order valence-electron chi connectivity index (χ0n) is 14.1. The maximum atomic E-state index is 12.5. The molecule has 1 saturated heterocycles. The van der Waals surface area contributed by atoms with Crippen LogP contribution in [0, 0.1) is 10.1 Å². The number of nitro benzene ring substituents is 1. The van der Waals surface area contributed by atoms with Gasteiger partial charge in [-0.2, -0.15) is 0 Å². The maximum Gasteiger partial charge on any atom is 0.270 e. The summed E-state index contributed by atoms with van der Waals surface area (Å²) >= 11 is 0. The van der Waals surface area contributed by atoms with Gasteiger partial charge in [0.1, 0.15) is 0 Å². The van der Waals surface area contributed by atoms with Gasteiger partial charge >= 0.3 is 0 Å². The van der Waals surface area contributed by atoms with E-state index in [0.717, 1.165) is 18.4 Å². The highest BCUT2D eigenvalue weighted by Gasteiger charge is 2.29. The van der Waals surface area contributed by atoms with E-state index in [-0.39, 0.29) is 29.7 Å². The van der Waals surface area contributed by atoms with E-state index in [1.165, 1.54) is 24.3 Å². The molecule has 1 atom stereocenters. The van der Waals surface area contributed by atoms with Gasteiger partial charge in [0.15, 0.2) is 0 Å². The fraction of sp³-hybridized carbons (Fsp3) is 0.263. The van der Waals surface area contributed by atoms with Crippen LogP contribution in [0.25, 0.3) is 0 Å². The van der Waals surface area contributed by atoms with E-state index in [4.69, 9.17) is 0 Å². The van der Waals surface area contributed by atoms with Crippen LogP contribution in [0.3, 0.4) is 0 Å². The Morgan fingerprint density at radius 1 is 1.15 bits per heavy atom. The summed E-state index contributed by atoms with van der Waals surface area (Å²) in [5.41, 5.74) is 1.09. The number of nitro groups is 1. The van der Waals surface area contributed by atoms with Gasteiger partial charge in [-0.3, -0.25) is 19.7 Å². The molecule has 0 aliphatic carbocycles. The molecule has 7 heteroatoms. The number of amides is 2. The van der Waals surface area contributed by atoms with E-state index in [1.54, 1.807) is 4.90 Å². The molecule has 1 aliphatic rings. The predicted molar refractivity (Wildman–Crippen MR) is 95.6 cm³/mol. The monoisotopic (exact) mass is 353 g/mol. The van der Waals surface area contributed by atoms with Gasteiger partial charge in [-0.1, -0.05) is 36.4 Å². The molecule has 0 radical (unpaired) electrons. The van der Waals surface area contributed by atoms with Crippen LogP contribution < -0.4 is 5.32 Å². The van der Waals surface area contributed by atoms with E-state index < -0.39 is 10.8 Å². The lowest BCUT2D eigenvalue weighted by Gasteiger charge is -2.25. The third kappa shape index (κ3) is 3.88. The van der Waals surface area contributed by atoms with Crippen LogP contribution in [-0.2, 0) is 4.79 Å². The summed E-state index contributed by atoms with van der Waals surface area (Å²) in [6, 6.07) is 15.3. The molecule has 0 spiro atoms. The Balaban J connectivity index is 1.62. The number of rotatable bonds is 5. The fourth-order valence-corrected chi connectivity index (χ4v) is 3.21. The second-order valence-corrected chi connectivity index (χ2v) is 6.15. The van der Waals surface area contributed by atoms with Crippen molar-refractivity contribution in [3.8, 4) is 0 Å². The molecule has 134 valence electrons. The normalized spacial score (nSPS) is 16.3. The number of carbonyl (C=O) groups is 2. The summed E-state index contributed by atoms with van der Waals surface area (Å²) in [6.45, 7) is 0.524. The summed E-state index contributed by atoms with van der Waals surface area (Å²) in [5, 5.41) is 13.4. The van der Waals surface area contributed by atoms with Gasteiger partial charge in [0.2, 0.25) is 5.91 Å². The highest BCUT2D eigenvalue weighted by Crippen LogP contribution is 2.31. The average Bonchev–Trinajstić information content (AvgIpc) is 3.16. The first-order valence-electron chi connectivity index (χ1n) is 8.43. The molecule has 2 amide bonds. The molecule has 7 nitrogen and oxygen atoms in total. The number of benzene rings is 2. The standard InChI is InChI=1S/C19H19N3O4/c23-18(21-11-5-10-17(21)14-6-2-1-3-7-14)13-20-19(24)15-8-4-9-16(12-15)22(25)26/h1-4,6-9,12,17H,5,10-11,13H2,(H,20,24)/t17-/m1/s1. The molecule has 2 aromatic rings. The minimum atomic E-state index is -0.559. The third-order valence-electron chi connectivity index (χ3n) is 4.48. The Morgan fingerprint density at radius 2 is 1.92 bits per heavy atom. The van der Waals surface area contributed by atoms with Crippen LogP contribution in [0.15, 0.2) is 54.6 Å². The Morgan fingerprint density at radius 3 is 2.65 bits per heavy atom. The Bertz CT molecular complexity index is 823. The van der Waals surface area contributed by atoms with Crippen molar-refractivity contribution in [2.24, 2.45) is 0 Å². The van der Waals surface area contributed by atoms with Gasteiger partial charge in [0.05, 0.1) is 17.5 Å². The van der Waals surface area contributed by atoms with Crippen molar-refractivity contribution in [3.05, 3.63) is 75.8 Å². The van der Waals surface area contributed by atoms with Gasteiger partial charge in [-0.25, -0.2) is 0 Å². The molecule has 26 heavy (non-hydrogen) atoms. The molecular weight excluding hydrogens is 334 g/mol. The van der Waals surface area contributed by atoms with Crippen LogP contribution in [0.2, 0.25) is 0 Å². The molecule has 1 aliphatic heterocycles. The lowest BCUT2D eigenvalue weighted by atomic mass is 10.0. The van der Waals surface area contributed by atoms with Gasteiger partial charge < -0.3 is 10.2 Å². The van der Waals surface area contributed by atoms with E-state index in [9.17, 15) is 19.7 Å². The minimum absolute atomic E-state index is 0.0263. The summed E-state index contributed by atoms with van der Waals surface area (Å²) in [6.07, 6.45) is 1.82. The van der Waals surface area contributed by atoms with Crippen molar-refractivity contribution < 1.29 is 14.5 Å². The number of hydrogen-bond acceptors (Lipinski definition) is 4. The zero-order chi connectivity index (χ0) is 18.5. The lowest BCUT2D eigenvalue weighted by molar-refractivity contribution is -0.384. The molecule has 1 heterocycles. The second-order valence-electron chi connectivity index (χ2n) is 6.15. The first kappa shape index (κ1) is 17.6.